The summed E-state index contributed by atoms with van der Waals surface area (Å²) in [4.78, 5) is 9.09. The van der Waals surface area contributed by atoms with Gasteiger partial charge in [-0.25, -0.2) is 4.98 Å². The van der Waals surface area contributed by atoms with Crippen molar-refractivity contribution in [2.45, 2.75) is 10.6 Å². The number of benzene rings is 2. The van der Waals surface area contributed by atoms with Crippen molar-refractivity contribution in [2.24, 2.45) is 0 Å². The van der Waals surface area contributed by atoms with Gasteiger partial charge >= 0.3 is 0 Å². The fraction of sp³-hybridized carbons (Fsp3) is 0.0714. The van der Waals surface area contributed by atoms with Crippen LogP contribution in [-0.2, 0) is 5.75 Å². The van der Waals surface area contributed by atoms with Crippen LogP contribution in [0.2, 0.25) is 0 Å². The van der Waals surface area contributed by atoms with Gasteiger partial charge in [-0.3, -0.25) is 0 Å². The molecule has 0 spiro atoms. The number of halogens is 1. The van der Waals surface area contributed by atoms with Crippen LogP contribution in [0.25, 0.3) is 11.0 Å². The third kappa shape index (κ3) is 2.77. The molecule has 0 aliphatic heterocycles. The number of aromatic amines is 1. The van der Waals surface area contributed by atoms with Crippen molar-refractivity contribution in [2.75, 3.05) is 5.73 Å². The minimum Gasteiger partial charge on any atom is -0.397 e. The molecule has 19 heavy (non-hydrogen) atoms. The van der Waals surface area contributed by atoms with Crippen LogP contribution >= 0.6 is 27.7 Å². The predicted molar refractivity (Wildman–Crippen MR) is 84.2 cm³/mol. The van der Waals surface area contributed by atoms with Crippen LogP contribution in [0.4, 0.5) is 5.69 Å². The zero-order valence-corrected chi connectivity index (χ0v) is 12.5. The van der Waals surface area contributed by atoms with E-state index in [2.05, 4.69) is 38.0 Å². The molecule has 0 fully saturated rings. The Bertz CT molecular complexity index is 709. The number of fused-ring (bicyclic) bond motifs is 1. The van der Waals surface area contributed by atoms with Gasteiger partial charge in [-0.15, -0.1) is 11.8 Å². The minimum absolute atomic E-state index is 0.691. The number of hydrogen-bond acceptors (Lipinski definition) is 3. The first-order chi connectivity index (χ1) is 9.22. The van der Waals surface area contributed by atoms with E-state index >= 15 is 0 Å². The van der Waals surface area contributed by atoms with E-state index in [1.54, 1.807) is 11.8 Å². The number of imidazole rings is 1. The lowest BCUT2D eigenvalue weighted by Gasteiger charge is -1.97. The van der Waals surface area contributed by atoms with E-state index in [0.29, 0.717) is 5.69 Å². The highest BCUT2D eigenvalue weighted by atomic mass is 79.9. The standard InChI is InChI=1S/C14H12BrN3S/c15-9-6-11(16)14-12(7-9)17-13(18-14)8-19-10-4-2-1-3-5-10/h1-7H,8,16H2,(H,17,18). The summed E-state index contributed by atoms with van der Waals surface area (Å²) in [6.07, 6.45) is 0. The number of aromatic nitrogens is 2. The van der Waals surface area contributed by atoms with Gasteiger partial charge in [-0.1, -0.05) is 34.1 Å². The summed E-state index contributed by atoms with van der Waals surface area (Å²) in [5.41, 5.74) is 8.46. The summed E-state index contributed by atoms with van der Waals surface area (Å²) < 4.78 is 0.961. The second-order valence-electron chi connectivity index (χ2n) is 4.18. The molecule has 3 nitrogen and oxygen atoms in total. The lowest BCUT2D eigenvalue weighted by molar-refractivity contribution is 1.14. The monoisotopic (exact) mass is 333 g/mol. The zero-order valence-electron chi connectivity index (χ0n) is 10.1. The minimum atomic E-state index is 0.691. The normalized spacial score (nSPS) is 11.0. The van der Waals surface area contributed by atoms with E-state index in [1.807, 2.05) is 30.3 Å². The van der Waals surface area contributed by atoms with E-state index in [1.165, 1.54) is 4.90 Å². The molecule has 0 saturated heterocycles. The fourth-order valence-corrected chi connectivity index (χ4v) is 3.16. The van der Waals surface area contributed by atoms with Crippen molar-refractivity contribution < 1.29 is 0 Å². The molecule has 5 heteroatoms. The van der Waals surface area contributed by atoms with Crippen LogP contribution in [0.1, 0.15) is 5.82 Å². The van der Waals surface area contributed by atoms with Gasteiger partial charge in [0, 0.05) is 9.37 Å². The highest BCUT2D eigenvalue weighted by Gasteiger charge is 2.07. The molecule has 0 bridgehead atoms. The van der Waals surface area contributed by atoms with Crippen LogP contribution in [0, 0.1) is 0 Å². The van der Waals surface area contributed by atoms with Crippen molar-refractivity contribution in [3.05, 3.63) is 52.8 Å². The van der Waals surface area contributed by atoms with Gasteiger partial charge in [0.05, 0.1) is 17.0 Å². The molecule has 3 rings (SSSR count). The molecule has 0 saturated carbocycles. The molecule has 2 aromatic carbocycles. The maximum atomic E-state index is 5.96. The van der Waals surface area contributed by atoms with Crippen molar-refractivity contribution in [3.8, 4) is 0 Å². The second-order valence-corrected chi connectivity index (χ2v) is 6.14. The Morgan fingerprint density at radius 2 is 2.00 bits per heavy atom. The van der Waals surface area contributed by atoms with Gasteiger partial charge < -0.3 is 10.7 Å². The molecule has 1 aromatic heterocycles. The first-order valence-electron chi connectivity index (χ1n) is 5.84. The number of hydrogen-bond donors (Lipinski definition) is 2. The molecule has 0 amide bonds. The van der Waals surface area contributed by atoms with Crippen LogP contribution in [0.15, 0.2) is 51.8 Å². The zero-order chi connectivity index (χ0) is 13.2. The Kier molecular flexibility index (Phi) is 3.48. The summed E-state index contributed by atoms with van der Waals surface area (Å²) in [6.45, 7) is 0. The van der Waals surface area contributed by atoms with Crippen molar-refractivity contribution in [3.63, 3.8) is 0 Å². The molecule has 0 unspecified atom stereocenters. The molecular formula is C14H12BrN3S. The third-order valence-corrected chi connectivity index (χ3v) is 4.23. The summed E-state index contributed by atoms with van der Waals surface area (Å²) in [5.74, 6) is 1.74. The summed E-state index contributed by atoms with van der Waals surface area (Å²) in [7, 11) is 0. The Hall–Kier alpha value is -1.46. The molecule has 0 radical (unpaired) electrons. The highest BCUT2D eigenvalue weighted by molar-refractivity contribution is 9.10. The number of anilines is 1. The first-order valence-corrected chi connectivity index (χ1v) is 7.62. The average Bonchev–Trinajstić information content (AvgIpc) is 2.81. The molecule has 3 aromatic rings. The maximum absolute atomic E-state index is 5.96. The van der Waals surface area contributed by atoms with Crippen LogP contribution < -0.4 is 5.73 Å². The Balaban J connectivity index is 1.84. The smallest absolute Gasteiger partial charge is 0.117 e. The molecule has 96 valence electrons. The molecule has 0 aliphatic carbocycles. The third-order valence-electron chi connectivity index (χ3n) is 2.75. The number of nitrogens with zero attached hydrogens (tertiary/aromatic N) is 1. The van der Waals surface area contributed by atoms with Crippen molar-refractivity contribution in [1.29, 1.82) is 0 Å². The highest BCUT2D eigenvalue weighted by Crippen LogP contribution is 2.27. The number of nitrogens with two attached hydrogens (primary N) is 1. The van der Waals surface area contributed by atoms with Gasteiger partial charge in [0.15, 0.2) is 0 Å². The average molecular weight is 334 g/mol. The number of thioether (sulfide) groups is 1. The molecule has 0 atom stereocenters. The second kappa shape index (κ2) is 5.27. The Morgan fingerprint density at radius 1 is 1.21 bits per heavy atom. The van der Waals surface area contributed by atoms with Gasteiger partial charge in [-0.2, -0.15) is 0 Å². The van der Waals surface area contributed by atoms with Crippen molar-refractivity contribution in [1.82, 2.24) is 9.97 Å². The molecule has 3 N–H and O–H groups in total. The van der Waals surface area contributed by atoms with Gasteiger partial charge in [0.25, 0.3) is 0 Å². The SMILES string of the molecule is Nc1cc(Br)cc2[nH]c(CSc3ccccc3)nc12. The topological polar surface area (TPSA) is 54.7 Å². The fourth-order valence-electron chi connectivity index (χ4n) is 1.90. The summed E-state index contributed by atoms with van der Waals surface area (Å²) >= 11 is 5.19. The van der Waals surface area contributed by atoms with Gasteiger partial charge in [0.1, 0.15) is 11.3 Å². The van der Waals surface area contributed by atoms with Crippen LogP contribution in [0.3, 0.4) is 0 Å². The lowest BCUT2D eigenvalue weighted by Crippen LogP contribution is -1.86. The predicted octanol–water partition coefficient (Wildman–Crippen LogP) is 4.20. The maximum Gasteiger partial charge on any atom is 0.117 e. The van der Waals surface area contributed by atoms with Crippen molar-refractivity contribution >= 4 is 44.4 Å². The van der Waals surface area contributed by atoms with Gasteiger partial charge in [-0.05, 0) is 24.3 Å². The molecule has 1 heterocycles. The molecular weight excluding hydrogens is 322 g/mol. The van der Waals surface area contributed by atoms with E-state index in [4.69, 9.17) is 5.73 Å². The quantitative estimate of drug-likeness (QED) is 0.557. The largest absolute Gasteiger partial charge is 0.397 e. The molecule has 0 aliphatic rings. The lowest BCUT2D eigenvalue weighted by atomic mass is 10.3. The van der Waals surface area contributed by atoms with E-state index < -0.39 is 0 Å². The summed E-state index contributed by atoms with van der Waals surface area (Å²) in [6, 6.07) is 14.2. The van der Waals surface area contributed by atoms with E-state index in [0.717, 1.165) is 27.1 Å². The van der Waals surface area contributed by atoms with E-state index in [-0.39, 0.29) is 0 Å². The Labute approximate surface area is 123 Å². The van der Waals surface area contributed by atoms with Crippen LogP contribution in [0.5, 0.6) is 0 Å². The van der Waals surface area contributed by atoms with Crippen LogP contribution in [-0.4, -0.2) is 9.97 Å². The number of rotatable bonds is 3. The number of nitrogen functional groups attached to an aromatic ring is 1. The van der Waals surface area contributed by atoms with E-state index in [9.17, 15) is 0 Å². The Morgan fingerprint density at radius 3 is 2.79 bits per heavy atom. The first kappa shape index (κ1) is 12.6. The summed E-state index contributed by atoms with van der Waals surface area (Å²) in [5, 5.41) is 0. The number of nitrogens with one attached hydrogen (secondary N) is 1. The van der Waals surface area contributed by atoms with Gasteiger partial charge in [0.2, 0.25) is 0 Å². The number of H-pyrrole nitrogens is 1.